The summed E-state index contributed by atoms with van der Waals surface area (Å²) in [6, 6.07) is 7.88. The van der Waals surface area contributed by atoms with Gasteiger partial charge in [-0.25, -0.2) is 0 Å². The summed E-state index contributed by atoms with van der Waals surface area (Å²) in [5.41, 5.74) is 1.08. The topological polar surface area (TPSA) is 44.8 Å². The molecule has 5 nitrogen and oxygen atoms in total. The molecule has 0 spiro atoms. The average Bonchev–Trinajstić information content (AvgIpc) is 2.74. The van der Waals surface area contributed by atoms with Crippen LogP contribution in [0.3, 0.4) is 0 Å². The molecule has 1 amide bonds. The van der Waals surface area contributed by atoms with Crippen LogP contribution < -0.4 is 10.1 Å². The van der Waals surface area contributed by atoms with Crippen molar-refractivity contribution < 1.29 is 9.53 Å². The molecule has 1 N–H and O–H groups in total. The molecule has 0 bridgehead atoms. The Morgan fingerprint density at radius 1 is 1.33 bits per heavy atom. The minimum Gasteiger partial charge on any atom is -0.497 e. The average molecular weight is 291 g/mol. The first-order chi connectivity index (χ1) is 9.93. The minimum absolute atomic E-state index is 0.0756. The summed E-state index contributed by atoms with van der Waals surface area (Å²) in [4.78, 5) is 16.5. The lowest BCUT2D eigenvalue weighted by atomic mass is 10.1. The summed E-state index contributed by atoms with van der Waals surface area (Å²) >= 11 is 0. The third-order valence-corrected chi connectivity index (χ3v) is 3.85. The standard InChI is InChI=1S/C16H25N3O2/c1-11(10-18(3)4)19-15(17-12(2)16(19)20)13-6-8-14(21-5)9-7-13/h6-9,11-12,15,17H,10H2,1-5H3. The molecule has 3 atom stereocenters. The molecular weight excluding hydrogens is 266 g/mol. The van der Waals surface area contributed by atoms with Gasteiger partial charge in [-0.05, 0) is 45.6 Å². The molecule has 1 aliphatic heterocycles. The zero-order valence-corrected chi connectivity index (χ0v) is 13.5. The van der Waals surface area contributed by atoms with Crippen LogP contribution in [0, 0.1) is 0 Å². The van der Waals surface area contributed by atoms with Gasteiger partial charge in [0.15, 0.2) is 0 Å². The third-order valence-electron chi connectivity index (χ3n) is 3.85. The second kappa shape index (κ2) is 6.45. The van der Waals surface area contributed by atoms with Crippen LogP contribution in [0.4, 0.5) is 0 Å². The van der Waals surface area contributed by atoms with Gasteiger partial charge in [0.1, 0.15) is 11.9 Å². The van der Waals surface area contributed by atoms with Crippen molar-refractivity contribution in [1.82, 2.24) is 15.1 Å². The van der Waals surface area contributed by atoms with Gasteiger partial charge in [-0.1, -0.05) is 12.1 Å². The van der Waals surface area contributed by atoms with Crippen molar-refractivity contribution in [2.24, 2.45) is 0 Å². The number of methoxy groups -OCH3 is 1. The molecule has 5 heteroatoms. The second-order valence-corrected chi connectivity index (χ2v) is 5.92. The van der Waals surface area contributed by atoms with Gasteiger partial charge in [0.25, 0.3) is 0 Å². The van der Waals surface area contributed by atoms with Crippen LogP contribution in [0.1, 0.15) is 25.6 Å². The van der Waals surface area contributed by atoms with E-state index in [1.54, 1.807) is 7.11 Å². The van der Waals surface area contributed by atoms with Crippen LogP contribution in [0.15, 0.2) is 24.3 Å². The summed E-state index contributed by atoms with van der Waals surface area (Å²) in [5.74, 6) is 0.981. The normalized spacial score (nSPS) is 23.7. The lowest BCUT2D eigenvalue weighted by Gasteiger charge is -2.32. The van der Waals surface area contributed by atoms with Crippen LogP contribution in [-0.2, 0) is 4.79 Å². The molecule has 1 aliphatic rings. The predicted molar refractivity (Wildman–Crippen MR) is 83.2 cm³/mol. The molecule has 116 valence electrons. The van der Waals surface area contributed by atoms with Crippen molar-refractivity contribution in [3.8, 4) is 5.75 Å². The number of likely N-dealkylation sites (N-methyl/N-ethyl adjacent to an activating group) is 1. The Balaban J connectivity index is 2.24. The molecule has 0 aromatic heterocycles. The van der Waals surface area contributed by atoms with Gasteiger partial charge in [0.05, 0.1) is 13.2 Å². The highest BCUT2D eigenvalue weighted by Gasteiger charge is 2.39. The van der Waals surface area contributed by atoms with E-state index in [1.807, 2.05) is 50.2 Å². The largest absolute Gasteiger partial charge is 0.497 e. The molecule has 3 unspecified atom stereocenters. The van der Waals surface area contributed by atoms with E-state index >= 15 is 0 Å². The number of amides is 1. The molecule has 1 heterocycles. The molecule has 1 aromatic rings. The van der Waals surface area contributed by atoms with Crippen LogP contribution in [-0.4, -0.2) is 55.5 Å². The van der Waals surface area contributed by atoms with Crippen LogP contribution in [0.5, 0.6) is 5.75 Å². The molecular formula is C16H25N3O2. The van der Waals surface area contributed by atoms with Gasteiger partial charge < -0.3 is 14.5 Å². The molecule has 0 radical (unpaired) electrons. The van der Waals surface area contributed by atoms with Crippen LogP contribution >= 0.6 is 0 Å². The first-order valence-electron chi connectivity index (χ1n) is 7.31. The molecule has 2 rings (SSSR count). The first kappa shape index (κ1) is 15.8. The smallest absolute Gasteiger partial charge is 0.241 e. The highest BCUT2D eigenvalue weighted by Crippen LogP contribution is 2.28. The van der Waals surface area contributed by atoms with Gasteiger partial charge in [0.2, 0.25) is 5.91 Å². The van der Waals surface area contributed by atoms with E-state index in [4.69, 9.17) is 4.74 Å². The number of hydrogen-bond acceptors (Lipinski definition) is 4. The Morgan fingerprint density at radius 3 is 2.48 bits per heavy atom. The number of carbonyl (C=O) groups excluding carboxylic acids is 1. The molecule has 0 saturated carbocycles. The Hall–Kier alpha value is -1.59. The van der Waals surface area contributed by atoms with E-state index in [-0.39, 0.29) is 24.2 Å². The van der Waals surface area contributed by atoms with Crippen LogP contribution in [0.25, 0.3) is 0 Å². The van der Waals surface area contributed by atoms with Gasteiger partial charge in [-0.3, -0.25) is 10.1 Å². The SMILES string of the molecule is COc1ccc(C2NC(C)C(=O)N2C(C)CN(C)C)cc1. The summed E-state index contributed by atoms with van der Waals surface area (Å²) < 4.78 is 5.19. The van der Waals surface area contributed by atoms with E-state index in [0.717, 1.165) is 17.9 Å². The van der Waals surface area contributed by atoms with Crippen molar-refractivity contribution in [1.29, 1.82) is 0 Å². The fourth-order valence-electron chi connectivity index (χ4n) is 2.87. The molecule has 1 saturated heterocycles. The maximum atomic E-state index is 12.5. The van der Waals surface area contributed by atoms with Gasteiger partial charge in [-0.15, -0.1) is 0 Å². The Morgan fingerprint density at radius 2 is 1.95 bits per heavy atom. The number of nitrogens with one attached hydrogen (secondary N) is 1. The summed E-state index contributed by atoms with van der Waals surface area (Å²) in [5, 5.41) is 3.38. The number of benzene rings is 1. The van der Waals surface area contributed by atoms with E-state index in [2.05, 4.69) is 17.1 Å². The maximum absolute atomic E-state index is 12.5. The van der Waals surface area contributed by atoms with E-state index in [0.29, 0.717) is 0 Å². The summed E-state index contributed by atoms with van der Waals surface area (Å²) in [6.07, 6.45) is -0.0756. The first-order valence-corrected chi connectivity index (χ1v) is 7.31. The highest BCUT2D eigenvalue weighted by atomic mass is 16.5. The predicted octanol–water partition coefficient (Wildman–Crippen LogP) is 1.46. The number of nitrogens with zero attached hydrogens (tertiary/aromatic N) is 2. The zero-order chi connectivity index (χ0) is 15.6. The zero-order valence-electron chi connectivity index (χ0n) is 13.5. The second-order valence-electron chi connectivity index (χ2n) is 5.92. The van der Waals surface area contributed by atoms with Gasteiger partial charge >= 0.3 is 0 Å². The minimum atomic E-state index is -0.151. The molecule has 1 aromatic carbocycles. The number of carbonyl (C=O) groups is 1. The quantitative estimate of drug-likeness (QED) is 0.892. The van der Waals surface area contributed by atoms with E-state index in [1.165, 1.54) is 0 Å². The number of hydrogen-bond donors (Lipinski definition) is 1. The van der Waals surface area contributed by atoms with Gasteiger partial charge in [-0.2, -0.15) is 0 Å². The lowest BCUT2D eigenvalue weighted by molar-refractivity contribution is -0.132. The monoisotopic (exact) mass is 291 g/mol. The van der Waals surface area contributed by atoms with Crippen molar-refractivity contribution in [3.63, 3.8) is 0 Å². The third kappa shape index (κ3) is 3.36. The van der Waals surface area contributed by atoms with Crippen molar-refractivity contribution >= 4 is 5.91 Å². The maximum Gasteiger partial charge on any atom is 0.241 e. The Kier molecular flexibility index (Phi) is 4.85. The lowest BCUT2D eigenvalue weighted by Crippen LogP contribution is -2.43. The summed E-state index contributed by atoms with van der Waals surface area (Å²) in [6.45, 7) is 4.85. The highest BCUT2D eigenvalue weighted by molar-refractivity contribution is 5.84. The fraction of sp³-hybridized carbons (Fsp3) is 0.562. The van der Waals surface area contributed by atoms with Crippen molar-refractivity contribution in [2.75, 3.05) is 27.7 Å². The fourth-order valence-corrected chi connectivity index (χ4v) is 2.87. The van der Waals surface area contributed by atoms with E-state index in [9.17, 15) is 4.79 Å². The van der Waals surface area contributed by atoms with Crippen molar-refractivity contribution in [3.05, 3.63) is 29.8 Å². The molecule has 21 heavy (non-hydrogen) atoms. The molecule has 0 aliphatic carbocycles. The van der Waals surface area contributed by atoms with Gasteiger partial charge in [0, 0.05) is 12.6 Å². The Bertz CT molecular complexity index is 487. The number of rotatable bonds is 5. The number of ether oxygens (including phenoxy) is 1. The molecule has 1 fully saturated rings. The van der Waals surface area contributed by atoms with E-state index < -0.39 is 0 Å². The van der Waals surface area contributed by atoms with Crippen LogP contribution in [0.2, 0.25) is 0 Å². The Labute approximate surface area is 126 Å². The van der Waals surface area contributed by atoms with Crippen molar-refractivity contribution in [2.45, 2.75) is 32.1 Å². The summed E-state index contributed by atoms with van der Waals surface area (Å²) in [7, 11) is 5.70.